The smallest absolute Gasteiger partial charge is 0.187 e. The summed E-state index contributed by atoms with van der Waals surface area (Å²) in [5, 5.41) is 7.86. The summed E-state index contributed by atoms with van der Waals surface area (Å²) in [4.78, 5) is 12.8. The average molecular weight is 269 g/mol. The molecule has 0 saturated heterocycles. The van der Waals surface area contributed by atoms with Gasteiger partial charge in [-0.3, -0.25) is 10.1 Å². The molecule has 0 fully saturated rings. The van der Waals surface area contributed by atoms with Gasteiger partial charge in [-0.25, -0.2) is 9.97 Å². The maximum absolute atomic E-state index is 4.49. The highest BCUT2D eigenvalue weighted by Crippen LogP contribution is 2.28. The summed E-state index contributed by atoms with van der Waals surface area (Å²) in [6.07, 6.45) is 9.03. The zero-order valence-electron chi connectivity index (χ0n) is 10.2. The van der Waals surface area contributed by atoms with Crippen molar-refractivity contribution in [3.8, 4) is 22.5 Å². The Kier molecular flexibility index (Phi) is 3.24. The van der Waals surface area contributed by atoms with Gasteiger partial charge in [0, 0.05) is 29.7 Å². The Balaban J connectivity index is 2.09. The molecule has 94 valence electrons. The van der Waals surface area contributed by atoms with Gasteiger partial charge in [-0.2, -0.15) is 5.10 Å². The summed E-state index contributed by atoms with van der Waals surface area (Å²) in [6.45, 7) is 0. The second-order valence-corrected chi connectivity index (χ2v) is 4.60. The molecular formula is C13H11N5S. The number of hydrogen-bond acceptors (Lipinski definition) is 5. The molecule has 3 aromatic heterocycles. The highest BCUT2D eigenvalue weighted by Gasteiger charge is 2.11. The van der Waals surface area contributed by atoms with Crippen LogP contribution in [0, 0.1) is 0 Å². The van der Waals surface area contributed by atoms with E-state index in [0.717, 1.165) is 27.7 Å². The summed E-state index contributed by atoms with van der Waals surface area (Å²) < 4.78 is 0. The first-order valence-electron chi connectivity index (χ1n) is 5.69. The molecule has 3 rings (SSSR count). The van der Waals surface area contributed by atoms with E-state index in [9.17, 15) is 0 Å². The first-order chi connectivity index (χ1) is 9.38. The minimum Gasteiger partial charge on any atom is -0.277 e. The van der Waals surface area contributed by atoms with E-state index in [4.69, 9.17) is 0 Å². The number of pyridine rings is 1. The van der Waals surface area contributed by atoms with Crippen molar-refractivity contribution in [3.63, 3.8) is 0 Å². The average Bonchev–Trinajstić information content (AvgIpc) is 2.98. The van der Waals surface area contributed by atoms with Crippen LogP contribution in [0.3, 0.4) is 0 Å². The second kappa shape index (κ2) is 5.19. The Hall–Kier alpha value is -2.21. The van der Waals surface area contributed by atoms with E-state index < -0.39 is 0 Å². The molecule has 3 aromatic rings. The first-order valence-corrected chi connectivity index (χ1v) is 6.92. The van der Waals surface area contributed by atoms with Crippen molar-refractivity contribution in [1.29, 1.82) is 0 Å². The Morgan fingerprint density at radius 2 is 2.11 bits per heavy atom. The van der Waals surface area contributed by atoms with Crippen LogP contribution in [0.15, 0.2) is 48.1 Å². The molecule has 0 bridgehead atoms. The zero-order valence-corrected chi connectivity index (χ0v) is 11.1. The van der Waals surface area contributed by atoms with E-state index in [1.165, 1.54) is 11.8 Å². The number of rotatable bonds is 3. The summed E-state index contributed by atoms with van der Waals surface area (Å²) in [7, 11) is 0. The number of aromatic nitrogens is 5. The molecule has 0 radical (unpaired) electrons. The maximum atomic E-state index is 4.49. The van der Waals surface area contributed by atoms with Crippen molar-refractivity contribution in [2.45, 2.75) is 5.16 Å². The van der Waals surface area contributed by atoms with Gasteiger partial charge in [-0.15, -0.1) is 0 Å². The van der Waals surface area contributed by atoms with Crippen LogP contribution in [0.1, 0.15) is 0 Å². The second-order valence-electron chi connectivity index (χ2n) is 3.83. The molecule has 0 spiro atoms. The minimum atomic E-state index is 0.746. The molecule has 6 heteroatoms. The molecule has 0 saturated carbocycles. The Morgan fingerprint density at radius 1 is 1.16 bits per heavy atom. The molecule has 3 heterocycles. The number of nitrogens with one attached hydrogen (secondary N) is 1. The first kappa shape index (κ1) is 11.9. The van der Waals surface area contributed by atoms with Gasteiger partial charge < -0.3 is 0 Å². The normalized spacial score (nSPS) is 10.6. The van der Waals surface area contributed by atoms with Crippen LogP contribution >= 0.6 is 11.8 Å². The van der Waals surface area contributed by atoms with Gasteiger partial charge in [0.15, 0.2) is 5.16 Å². The molecule has 0 amide bonds. The largest absolute Gasteiger partial charge is 0.277 e. The third-order valence-electron chi connectivity index (χ3n) is 2.68. The molecule has 0 unspecified atom stereocenters. The van der Waals surface area contributed by atoms with Crippen LogP contribution in [0.2, 0.25) is 0 Å². The Labute approximate surface area is 114 Å². The quantitative estimate of drug-likeness (QED) is 0.585. The van der Waals surface area contributed by atoms with Gasteiger partial charge in [-0.05, 0) is 24.5 Å². The van der Waals surface area contributed by atoms with Gasteiger partial charge in [0.1, 0.15) is 0 Å². The van der Waals surface area contributed by atoms with E-state index >= 15 is 0 Å². The SMILES string of the molecule is CSc1nccc(-c2cn[nH]c2-c2cccnc2)n1. The molecule has 5 nitrogen and oxygen atoms in total. The maximum Gasteiger partial charge on any atom is 0.187 e. The molecule has 0 aliphatic rings. The van der Waals surface area contributed by atoms with Crippen LogP contribution in [0.25, 0.3) is 22.5 Å². The lowest BCUT2D eigenvalue weighted by molar-refractivity contribution is 0.976. The van der Waals surface area contributed by atoms with Gasteiger partial charge in [0.05, 0.1) is 17.6 Å². The molecule has 0 aliphatic carbocycles. The van der Waals surface area contributed by atoms with Gasteiger partial charge >= 0.3 is 0 Å². The third kappa shape index (κ3) is 2.34. The van der Waals surface area contributed by atoms with Gasteiger partial charge in [0.2, 0.25) is 0 Å². The lowest BCUT2D eigenvalue weighted by atomic mass is 10.1. The molecule has 19 heavy (non-hydrogen) atoms. The van der Waals surface area contributed by atoms with Crippen molar-refractivity contribution in [3.05, 3.63) is 43.0 Å². The summed E-state index contributed by atoms with van der Waals surface area (Å²) in [6, 6.07) is 5.76. The van der Waals surface area contributed by atoms with Gasteiger partial charge in [-0.1, -0.05) is 11.8 Å². The Bertz CT molecular complexity index is 680. The minimum absolute atomic E-state index is 0.746. The highest BCUT2D eigenvalue weighted by atomic mass is 32.2. The lowest BCUT2D eigenvalue weighted by Gasteiger charge is -2.03. The topological polar surface area (TPSA) is 67.3 Å². The third-order valence-corrected chi connectivity index (χ3v) is 3.24. The van der Waals surface area contributed by atoms with Crippen LogP contribution < -0.4 is 0 Å². The number of hydrogen-bond donors (Lipinski definition) is 1. The van der Waals surface area contributed by atoms with Crippen molar-refractivity contribution >= 4 is 11.8 Å². The lowest BCUT2D eigenvalue weighted by Crippen LogP contribution is -1.90. The van der Waals surface area contributed by atoms with Crippen LogP contribution in [-0.2, 0) is 0 Å². The van der Waals surface area contributed by atoms with Crippen molar-refractivity contribution < 1.29 is 0 Å². The summed E-state index contributed by atoms with van der Waals surface area (Å²) in [5.74, 6) is 0. The molecule has 1 N–H and O–H groups in total. The standard InChI is InChI=1S/C13H11N5S/c1-19-13-15-6-4-11(17-13)10-8-16-18-12(10)9-3-2-5-14-7-9/h2-8H,1H3,(H,16,18). The van der Waals surface area contributed by atoms with Crippen LogP contribution in [0.4, 0.5) is 0 Å². The van der Waals surface area contributed by atoms with Gasteiger partial charge in [0.25, 0.3) is 0 Å². The van der Waals surface area contributed by atoms with Crippen LogP contribution in [-0.4, -0.2) is 31.4 Å². The number of nitrogens with zero attached hydrogens (tertiary/aromatic N) is 4. The molecule has 0 atom stereocenters. The molecular weight excluding hydrogens is 258 g/mol. The number of thioether (sulfide) groups is 1. The van der Waals surface area contributed by atoms with Crippen molar-refractivity contribution in [2.75, 3.05) is 6.26 Å². The highest BCUT2D eigenvalue weighted by molar-refractivity contribution is 7.98. The predicted molar refractivity (Wildman–Crippen MR) is 74.6 cm³/mol. The fourth-order valence-corrected chi connectivity index (χ4v) is 2.16. The van der Waals surface area contributed by atoms with Crippen molar-refractivity contribution in [2.24, 2.45) is 0 Å². The summed E-state index contributed by atoms with van der Waals surface area (Å²) in [5.41, 5.74) is 3.70. The monoisotopic (exact) mass is 269 g/mol. The molecule has 0 aromatic carbocycles. The number of aromatic amines is 1. The van der Waals surface area contributed by atoms with E-state index in [-0.39, 0.29) is 0 Å². The van der Waals surface area contributed by atoms with E-state index in [1.54, 1.807) is 24.8 Å². The fraction of sp³-hybridized carbons (Fsp3) is 0.0769. The number of H-pyrrole nitrogens is 1. The zero-order chi connectivity index (χ0) is 13.1. The van der Waals surface area contributed by atoms with Crippen molar-refractivity contribution in [1.82, 2.24) is 25.1 Å². The molecule has 0 aliphatic heterocycles. The Morgan fingerprint density at radius 3 is 2.89 bits per heavy atom. The van der Waals surface area contributed by atoms with E-state index in [0.29, 0.717) is 0 Å². The van der Waals surface area contributed by atoms with E-state index in [1.807, 2.05) is 24.5 Å². The predicted octanol–water partition coefficient (Wildman–Crippen LogP) is 2.65. The van der Waals surface area contributed by atoms with E-state index in [2.05, 4.69) is 25.1 Å². The van der Waals surface area contributed by atoms with Crippen LogP contribution in [0.5, 0.6) is 0 Å². The summed E-state index contributed by atoms with van der Waals surface area (Å²) >= 11 is 1.52. The fourth-order valence-electron chi connectivity index (χ4n) is 1.80.